The van der Waals surface area contributed by atoms with Crippen molar-refractivity contribution in [2.45, 2.75) is 0 Å². The van der Waals surface area contributed by atoms with Crippen LogP contribution in [-0.2, 0) is 0 Å². The van der Waals surface area contributed by atoms with Crippen molar-refractivity contribution in [2.75, 3.05) is 7.11 Å². The van der Waals surface area contributed by atoms with Gasteiger partial charge in [0, 0.05) is 6.07 Å². The van der Waals surface area contributed by atoms with Crippen molar-refractivity contribution in [1.82, 2.24) is 20.2 Å². The average molecular weight is 233 g/mol. The Morgan fingerprint density at radius 3 is 3.07 bits per heavy atom. The number of aromatic nitrogens is 4. The van der Waals surface area contributed by atoms with E-state index < -0.39 is 5.69 Å². The summed E-state index contributed by atoms with van der Waals surface area (Å²) in [6.45, 7) is 0. The fraction of sp³-hybridized carbons (Fsp3) is 0.167. The lowest BCUT2D eigenvalue weighted by Crippen LogP contribution is -2.15. The highest BCUT2D eigenvalue weighted by atomic mass is 35.5. The minimum absolute atomic E-state index is 0.429. The molecule has 0 bridgehead atoms. The number of ether oxygens (including phenoxy) is 1. The van der Waals surface area contributed by atoms with Gasteiger partial charge in [-0.1, -0.05) is 22.9 Å². The molecule has 8 heteroatoms. The predicted molar refractivity (Wildman–Crippen MR) is 51.4 cm³/mol. The monoisotopic (exact) mass is 232 g/mol. The Morgan fingerprint density at radius 2 is 2.50 bits per heavy atom. The standard InChI is InChI=1S/C6H5ClN4O2S/c1-13-3-2-4(7)14-5(3)11-6(12)8-9-10-11/h2H,1H3,(H,8,10,12). The Kier molecular flexibility index (Phi) is 2.26. The van der Waals surface area contributed by atoms with Crippen LogP contribution in [0.1, 0.15) is 0 Å². The van der Waals surface area contributed by atoms with Crippen molar-refractivity contribution in [2.24, 2.45) is 0 Å². The van der Waals surface area contributed by atoms with E-state index in [2.05, 4.69) is 15.5 Å². The van der Waals surface area contributed by atoms with E-state index in [1.165, 1.54) is 18.4 Å². The van der Waals surface area contributed by atoms with Gasteiger partial charge in [0.15, 0.2) is 10.8 Å². The van der Waals surface area contributed by atoms with Gasteiger partial charge in [0.2, 0.25) is 0 Å². The molecule has 0 amide bonds. The molecule has 14 heavy (non-hydrogen) atoms. The summed E-state index contributed by atoms with van der Waals surface area (Å²) in [5.41, 5.74) is -0.429. The highest BCUT2D eigenvalue weighted by Crippen LogP contribution is 2.34. The van der Waals surface area contributed by atoms with Crippen molar-refractivity contribution in [1.29, 1.82) is 0 Å². The van der Waals surface area contributed by atoms with E-state index >= 15 is 0 Å². The molecule has 0 unspecified atom stereocenters. The van der Waals surface area contributed by atoms with Gasteiger partial charge in [-0.3, -0.25) is 0 Å². The minimum atomic E-state index is -0.429. The Labute approximate surface area is 87.1 Å². The third kappa shape index (κ3) is 1.40. The van der Waals surface area contributed by atoms with Crippen LogP contribution in [0.3, 0.4) is 0 Å². The summed E-state index contributed by atoms with van der Waals surface area (Å²) in [5, 5.41) is 9.64. The molecule has 0 aromatic carbocycles. The Balaban J connectivity index is 2.61. The fourth-order valence-electron chi connectivity index (χ4n) is 0.961. The molecule has 0 atom stereocenters. The first-order chi connectivity index (χ1) is 6.72. The average Bonchev–Trinajstić information content (AvgIpc) is 2.71. The molecule has 2 rings (SSSR count). The van der Waals surface area contributed by atoms with Crippen molar-refractivity contribution < 1.29 is 4.74 Å². The summed E-state index contributed by atoms with van der Waals surface area (Å²) in [6, 6.07) is 1.61. The molecule has 0 aliphatic rings. The number of methoxy groups -OCH3 is 1. The topological polar surface area (TPSA) is 72.8 Å². The Hall–Kier alpha value is -1.34. The number of rotatable bonds is 2. The normalized spacial score (nSPS) is 10.4. The maximum atomic E-state index is 11.2. The maximum absolute atomic E-state index is 11.2. The van der Waals surface area contributed by atoms with Crippen LogP contribution in [0.25, 0.3) is 5.00 Å². The van der Waals surface area contributed by atoms with E-state index in [1.54, 1.807) is 6.07 Å². The van der Waals surface area contributed by atoms with Crippen LogP contribution in [-0.4, -0.2) is 27.3 Å². The van der Waals surface area contributed by atoms with Crippen LogP contribution in [0.15, 0.2) is 10.9 Å². The lowest BCUT2D eigenvalue weighted by Gasteiger charge is -1.97. The SMILES string of the molecule is COc1cc(Cl)sc1-n1nn[nH]c1=O. The van der Waals surface area contributed by atoms with Crippen LogP contribution in [0.4, 0.5) is 0 Å². The quantitative estimate of drug-likeness (QED) is 0.827. The third-order valence-electron chi connectivity index (χ3n) is 1.53. The number of thiophene rings is 1. The molecule has 0 spiro atoms. The second-order valence-corrected chi connectivity index (χ2v) is 4.00. The predicted octanol–water partition coefficient (Wildman–Crippen LogP) is 0.679. The van der Waals surface area contributed by atoms with Gasteiger partial charge in [-0.2, -0.15) is 0 Å². The number of aromatic amines is 1. The van der Waals surface area contributed by atoms with Crippen molar-refractivity contribution in [3.8, 4) is 10.8 Å². The maximum Gasteiger partial charge on any atom is 0.366 e. The van der Waals surface area contributed by atoms with Crippen LogP contribution in [0, 0.1) is 0 Å². The summed E-state index contributed by atoms with van der Waals surface area (Å²) >= 11 is 6.97. The molecule has 0 fully saturated rings. The zero-order valence-electron chi connectivity index (χ0n) is 7.02. The Morgan fingerprint density at radius 1 is 1.71 bits per heavy atom. The molecule has 0 aliphatic carbocycles. The highest BCUT2D eigenvalue weighted by molar-refractivity contribution is 7.18. The summed E-state index contributed by atoms with van der Waals surface area (Å²) in [5.74, 6) is 0.496. The molecule has 74 valence electrons. The van der Waals surface area contributed by atoms with Gasteiger partial charge in [0.05, 0.1) is 11.4 Å². The first-order valence-electron chi connectivity index (χ1n) is 3.56. The largest absolute Gasteiger partial charge is 0.494 e. The van der Waals surface area contributed by atoms with Gasteiger partial charge in [-0.15, -0.1) is 4.68 Å². The molecular formula is C6H5ClN4O2S. The minimum Gasteiger partial charge on any atom is -0.494 e. The molecule has 6 nitrogen and oxygen atoms in total. The van der Waals surface area contributed by atoms with Gasteiger partial charge < -0.3 is 4.74 Å². The van der Waals surface area contributed by atoms with Gasteiger partial charge >= 0.3 is 5.69 Å². The van der Waals surface area contributed by atoms with E-state index in [0.29, 0.717) is 15.1 Å². The molecular weight excluding hydrogens is 228 g/mol. The van der Waals surface area contributed by atoms with Crippen LogP contribution in [0.2, 0.25) is 4.34 Å². The number of halogens is 1. The first kappa shape index (κ1) is 9.22. The molecule has 2 heterocycles. The number of hydrogen-bond donors (Lipinski definition) is 1. The zero-order valence-corrected chi connectivity index (χ0v) is 8.59. The van der Waals surface area contributed by atoms with E-state index in [4.69, 9.17) is 16.3 Å². The summed E-state index contributed by atoms with van der Waals surface area (Å²) in [6.07, 6.45) is 0. The van der Waals surface area contributed by atoms with Crippen molar-refractivity contribution in [3.63, 3.8) is 0 Å². The summed E-state index contributed by atoms with van der Waals surface area (Å²) in [7, 11) is 1.49. The van der Waals surface area contributed by atoms with Crippen molar-refractivity contribution in [3.05, 3.63) is 20.9 Å². The molecule has 0 radical (unpaired) electrons. The molecule has 2 aromatic heterocycles. The summed E-state index contributed by atoms with van der Waals surface area (Å²) < 4.78 is 6.64. The van der Waals surface area contributed by atoms with Gasteiger partial charge in [0.25, 0.3) is 0 Å². The number of H-pyrrole nitrogens is 1. The van der Waals surface area contributed by atoms with Crippen molar-refractivity contribution >= 4 is 22.9 Å². The van der Waals surface area contributed by atoms with Gasteiger partial charge in [0.1, 0.15) is 0 Å². The molecule has 0 saturated heterocycles. The van der Waals surface area contributed by atoms with E-state index in [-0.39, 0.29) is 0 Å². The number of nitrogens with one attached hydrogen (secondary N) is 1. The lowest BCUT2D eigenvalue weighted by molar-refractivity contribution is 0.413. The van der Waals surface area contributed by atoms with Crippen LogP contribution >= 0.6 is 22.9 Å². The van der Waals surface area contributed by atoms with Gasteiger partial charge in [-0.05, 0) is 10.4 Å². The lowest BCUT2D eigenvalue weighted by atomic mass is 10.5. The van der Waals surface area contributed by atoms with Crippen LogP contribution < -0.4 is 10.4 Å². The van der Waals surface area contributed by atoms with E-state index in [9.17, 15) is 4.79 Å². The summed E-state index contributed by atoms with van der Waals surface area (Å²) in [4.78, 5) is 11.2. The Bertz CT molecular complexity index is 502. The van der Waals surface area contributed by atoms with E-state index in [0.717, 1.165) is 4.68 Å². The number of hydrogen-bond acceptors (Lipinski definition) is 5. The second-order valence-electron chi connectivity index (χ2n) is 2.34. The van der Waals surface area contributed by atoms with Crippen LogP contribution in [0.5, 0.6) is 5.75 Å². The molecule has 1 N–H and O–H groups in total. The second kappa shape index (κ2) is 3.43. The highest BCUT2D eigenvalue weighted by Gasteiger charge is 2.13. The molecule has 2 aromatic rings. The number of nitrogens with zero attached hydrogens (tertiary/aromatic N) is 3. The zero-order chi connectivity index (χ0) is 10.1. The first-order valence-corrected chi connectivity index (χ1v) is 4.76. The smallest absolute Gasteiger partial charge is 0.366 e. The molecule has 0 aliphatic heterocycles. The number of tetrazole rings is 1. The third-order valence-corrected chi connectivity index (χ3v) is 2.75. The molecule has 0 saturated carbocycles. The fourth-order valence-corrected chi connectivity index (χ4v) is 2.08. The van der Waals surface area contributed by atoms with E-state index in [1.807, 2.05) is 0 Å². The van der Waals surface area contributed by atoms with Gasteiger partial charge in [-0.25, -0.2) is 9.89 Å².